The van der Waals surface area contributed by atoms with Gasteiger partial charge in [-0.3, -0.25) is 0 Å². The fraction of sp³-hybridized carbons (Fsp3) is 0.500. The molecule has 0 aromatic heterocycles. The molecule has 0 fully saturated rings. The largest absolute Gasteiger partial charge is 0.463 e. The average molecular weight is 244 g/mol. The highest BCUT2D eigenvalue weighted by atomic mass is 16.5. The Morgan fingerprint density at radius 1 is 1.24 bits per heavy atom. The Morgan fingerprint density at radius 2 is 1.76 bits per heavy atom. The van der Waals surface area contributed by atoms with Gasteiger partial charge in [-0.1, -0.05) is 0 Å². The number of hydrogen-bond donors (Lipinski definition) is 2. The molecule has 1 atom stereocenters. The van der Waals surface area contributed by atoms with Crippen LogP contribution in [0.2, 0.25) is 0 Å². The van der Waals surface area contributed by atoms with Crippen LogP contribution in [0.15, 0.2) is 12.2 Å². The van der Waals surface area contributed by atoms with Gasteiger partial charge in [0, 0.05) is 12.2 Å². The van der Waals surface area contributed by atoms with Gasteiger partial charge in [0.25, 0.3) is 0 Å². The number of amides is 2. The van der Waals surface area contributed by atoms with Gasteiger partial charge < -0.3 is 20.5 Å². The molecular weight excluding hydrogens is 228 g/mol. The smallest absolute Gasteiger partial charge is 0.331 e. The monoisotopic (exact) mass is 244 g/mol. The lowest BCUT2D eigenvalue weighted by Crippen LogP contribution is -2.39. The fourth-order valence-electron chi connectivity index (χ4n) is 0.866. The molecule has 2 amide bonds. The topological polar surface area (TPSA) is 108 Å². The highest BCUT2D eigenvalue weighted by Gasteiger charge is 2.06. The van der Waals surface area contributed by atoms with Crippen molar-refractivity contribution in [2.45, 2.75) is 19.9 Å². The molecule has 7 nitrogen and oxygen atoms in total. The van der Waals surface area contributed by atoms with Crippen LogP contribution in [0.25, 0.3) is 0 Å². The first-order valence-corrected chi connectivity index (χ1v) is 5.03. The zero-order valence-corrected chi connectivity index (χ0v) is 9.76. The van der Waals surface area contributed by atoms with E-state index in [2.05, 4.69) is 10.1 Å². The molecule has 0 aliphatic heterocycles. The van der Waals surface area contributed by atoms with Crippen molar-refractivity contribution < 1.29 is 23.9 Å². The maximum absolute atomic E-state index is 11.1. The highest BCUT2D eigenvalue weighted by molar-refractivity contribution is 5.91. The predicted molar refractivity (Wildman–Crippen MR) is 58.9 cm³/mol. The molecule has 7 heteroatoms. The number of urea groups is 1. The van der Waals surface area contributed by atoms with Crippen LogP contribution in [0.5, 0.6) is 0 Å². The van der Waals surface area contributed by atoms with Gasteiger partial charge in [0.2, 0.25) is 0 Å². The van der Waals surface area contributed by atoms with Crippen molar-refractivity contribution >= 4 is 18.0 Å². The van der Waals surface area contributed by atoms with E-state index in [4.69, 9.17) is 10.5 Å². The van der Waals surface area contributed by atoms with Gasteiger partial charge in [-0.2, -0.15) is 0 Å². The summed E-state index contributed by atoms with van der Waals surface area (Å²) >= 11 is 0. The molecule has 0 saturated heterocycles. The van der Waals surface area contributed by atoms with Gasteiger partial charge >= 0.3 is 18.0 Å². The third-order valence-corrected chi connectivity index (χ3v) is 1.51. The fourth-order valence-corrected chi connectivity index (χ4v) is 0.866. The molecule has 0 aliphatic carbocycles. The van der Waals surface area contributed by atoms with E-state index in [1.165, 1.54) is 0 Å². The van der Waals surface area contributed by atoms with Gasteiger partial charge in [-0.05, 0) is 13.8 Å². The number of hydrogen-bond acceptors (Lipinski definition) is 5. The maximum atomic E-state index is 11.1. The van der Waals surface area contributed by atoms with E-state index in [1.54, 1.807) is 13.8 Å². The van der Waals surface area contributed by atoms with Gasteiger partial charge in [-0.25, -0.2) is 14.4 Å². The average Bonchev–Trinajstić information content (AvgIpc) is 2.23. The third kappa shape index (κ3) is 8.91. The first-order valence-electron chi connectivity index (χ1n) is 5.03. The van der Waals surface area contributed by atoms with Crippen molar-refractivity contribution in [3.05, 3.63) is 12.2 Å². The van der Waals surface area contributed by atoms with Crippen molar-refractivity contribution in [3.63, 3.8) is 0 Å². The zero-order valence-electron chi connectivity index (χ0n) is 9.76. The van der Waals surface area contributed by atoms with Gasteiger partial charge in [-0.15, -0.1) is 0 Å². The molecular formula is C10H16N2O5. The normalized spacial score (nSPS) is 11.9. The molecule has 0 saturated carbocycles. The number of carbonyl (C=O) groups is 3. The second-order valence-corrected chi connectivity index (χ2v) is 3.13. The predicted octanol–water partition coefficient (Wildman–Crippen LogP) is -0.294. The summed E-state index contributed by atoms with van der Waals surface area (Å²) < 4.78 is 9.29. The van der Waals surface area contributed by atoms with E-state index in [0.29, 0.717) is 0 Å². The van der Waals surface area contributed by atoms with E-state index in [0.717, 1.165) is 12.2 Å². The molecule has 0 heterocycles. The van der Waals surface area contributed by atoms with Gasteiger partial charge in [0.15, 0.2) is 0 Å². The highest BCUT2D eigenvalue weighted by Crippen LogP contribution is 1.88. The molecule has 0 aromatic carbocycles. The minimum Gasteiger partial charge on any atom is -0.463 e. The second kappa shape index (κ2) is 8.14. The van der Waals surface area contributed by atoms with Crippen molar-refractivity contribution in [2.24, 2.45) is 5.73 Å². The third-order valence-electron chi connectivity index (χ3n) is 1.51. The van der Waals surface area contributed by atoms with Crippen molar-refractivity contribution in [3.8, 4) is 0 Å². The molecule has 0 aliphatic rings. The quantitative estimate of drug-likeness (QED) is 0.493. The SMILES string of the molecule is CCOC(=O)/C=C/C(=O)OC[C@@H](C)NC(N)=O. The Balaban J connectivity index is 3.87. The molecule has 17 heavy (non-hydrogen) atoms. The zero-order chi connectivity index (χ0) is 13.3. The molecule has 0 aromatic rings. The van der Waals surface area contributed by atoms with Crippen LogP contribution in [0, 0.1) is 0 Å². The number of carbonyl (C=O) groups excluding carboxylic acids is 3. The first-order chi connectivity index (χ1) is 7.95. The minimum absolute atomic E-state index is 0.0328. The number of nitrogens with one attached hydrogen (secondary N) is 1. The van der Waals surface area contributed by atoms with Crippen molar-refractivity contribution in [1.29, 1.82) is 0 Å². The summed E-state index contributed by atoms with van der Waals surface area (Å²) in [5, 5.41) is 2.33. The van der Waals surface area contributed by atoms with Gasteiger partial charge in [0.1, 0.15) is 6.61 Å². The minimum atomic E-state index is -0.699. The summed E-state index contributed by atoms with van der Waals surface area (Å²) in [5.41, 5.74) is 4.87. The summed E-state index contributed by atoms with van der Waals surface area (Å²) in [6.45, 7) is 3.47. The summed E-state index contributed by atoms with van der Waals surface area (Å²) in [6, 6.07) is -1.09. The van der Waals surface area contributed by atoms with E-state index in [1.807, 2.05) is 0 Å². The van der Waals surface area contributed by atoms with Crippen LogP contribution < -0.4 is 11.1 Å². The van der Waals surface area contributed by atoms with Crippen LogP contribution in [0.1, 0.15) is 13.8 Å². The number of ether oxygens (including phenoxy) is 2. The van der Waals surface area contributed by atoms with Crippen LogP contribution in [-0.2, 0) is 19.1 Å². The van der Waals surface area contributed by atoms with Crippen molar-refractivity contribution in [2.75, 3.05) is 13.2 Å². The van der Waals surface area contributed by atoms with Crippen LogP contribution in [0.4, 0.5) is 4.79 Å². The summed E-state index contributed by atoms with van der Waals surface area (Å²) in [4.78, 5) is 32.4. The van der Waals surface area contributed by atoms with Crippen LogP contribution in [-0.4, -0.2) is 37.2 Å². The second-order valence-electron chi connectivity index (χ2n) is 3.13. The Kier molecular flexibility index (Phi) is 7.16. The lowest BCUT2D eigenvalue weighted by atomic mass is 10.4. The lowest BCUT2D eigenvalue weighted by molar-refractivity contribution is -0.140. The van der Waals surface area contributed by atoms with E-state index in [-0.39, 0.29) is 13.2 Å². The van der Waals surface area contributed by atoms with Crippen LogP contribution in [0.3, 0.4) is 0 Å². The van der Waals surface area contributed by atoms with Crippen LogP contribution >= 0.6 is 0 Å². The maximum Gasteiger partial charge on any atom is 0.331 e. The molecule has 0 rings (SSSR count). The number of rotatable bonds is 6. The Morgan fingerprint density at radius 3 is 2.24 bits per heavy atom. The Labute approximate surface area is 98.9 Å². The first kappa shape index (κ1) is 14.9. The van der Waals surface area contributed by atoms with E-state index in [9.17, 15) is 14.4 Å². The molecule has 0 bridgehead atoms. The number of nitrogens with two attached hydrogens (primary N) is 1. The molecule has 0 spiro atoms. The Bertz CT molecular complexity index is 314. The number of primary amides is 1. The molecule has 0 unspecified atom stereocenters. The summed E-state index contributed by atoms with van der Waals surface area (Å²) in [6.07, 6.45) is 1.92. The summed E-state index contributed by atoms with van der Waals surface area (Å²) in [5.74, 6) is -1.32. The lowest BCUT2D eigenvalue weighted by Gasteiger charge is -2.11. The standard InChI is InChI=1S/C10H16N2O5/c1-3-16-8(13)4-5-9(14)17-6-7(2)12-10(11)15/h4-5,7H,3,6H2,1-2H3,(H3,11,12,15)/b5-4+/t7-/m1/s1. The van der Waals surface area contributed by atoms with Gasteiger partial charge in [0.05, 0.1) is 12.6 Å². The van der Waals surface area contributed by atoms with Crippen molar-refractivity contribution in [1.82, 2.24) is 5.32 Å². The van der Waals surface area contributed by atoms with E-state index < -0.39 is 24.0 Å². The summed E-state index contributed by atoms with van der Waals surface area (Å²) in [7, 11) is 0. The molecule has 3 N–H and O–H groups in total. The molecule has 96 valence electrons. The number of esters is 2. The van der Waals surface area contributed by atoms with E-state index >= 15 is 0 Å². The Hall–Kier alpha value is -2.05. The molecule has 0 radical (unpaired) electrons.